The summed E-state index contributed by atoms with van der Waals surface area (Å²) in [5, 5.41) is 5.64. The van der Waals surface area contributed by atoms with Crippen LogP contribution in [0.5, 0.6) is 0 Å². The Labute approximate surface area is 342 Å². The van der Waals surface area contributed by atoms with E-state index < -0.39 is 24.0 Å². The van der Waals surface area contributed by atoms with Crippen LogP contribution in [0, 0.1) is 23.7 Å². The molecule has 0 unspecified atom stereocenters. The number of carbonyl (C=O) groups excluding carboxylic acids is 5. The van der Waals surface area contributed by atoms with Crippen molar-refractivity contribution < 1.29 is 33.4 Å². The van der Waals surface area contributed by atoms with E-state index in [9.17, 15) is 24.0 Å². The van der Waals surface area contributed by atoms with Crippen molar-refractivity contribution in [2.24, 2.45) is 23.7 Å². The van der Waals surface area contributed by atoms with Crippen molar-refractivity contribution in [2.75, 3.05) is 20.7 Å². The van der Waals surface area contributed by atoms with Gasteiger partial charge in [-0.3, -0.25) is 24.1 Å². The number of methoxy groups -OCH3 is 1. The molecule has 1 aliphatic heterocycles. The highest BCUT2D eigenvalue weighted by Crippen LogP contribution is 2.29. The molecule has 310 valence electrons. The van der Waals surface area contributed by atoms with E-state index in [1.54, 1.807) is 22.1 Å². The summed E-state index contributed by atoms with van der Waals surface area (Å²) in [5.41, 5.74) is 2.25. The minimum Gasteiger partial charge on any atom is -0.469 e. The second-order valence-electron chi connectivity index (χ2n) is 15.9. The van der Waals surface area contributed by atoms with Crippen LogP contribution < -0.4 is 5.32 Å². The second-order valence-corrected chi connectivity index (χ2v) is 16.8. The summed E-state index contributed by atoms with van der Waals surface area (Å²) in [7, 11) is 3.19. The zero-order chi connectivity index (χ0) is 41.5. The number of esters is 1. The predicted molar refractivity (Wildman–Crippen MR) is 223 cm³/mol. The zero-order valence-electron chi connectivity index (χ0n) is 34.8. The molecule has 1 aliphatic rings. The summed E-state index contributed by atoms with van der Waals surface area (Å²) in [5.74, 6) is -1.63. The van der Waals surface area contributed by atoms with Gasteiger partial charge in [0.2, 0.25) is 5.91 Å². The van der Waals surface area contributed by atoms with Crippen molar-refractivity contribution in [1.29, 1.82) is 0 Å². The van der Waals surface area contributed by atoms with Crippen LogP contribution in [0.15, 0.2) is 66.0 Å². The molecule has 3 amide bonds. The highest BCUT2D eigenvalue weighted by Gasteiger charge is 2.38. The summed E-state index contributed by atoms with van der Waals surface area (Å²) in [6.45, 7) is 10.6. The molecule has 0 spiro atoms. The number of rotatable bonds is 20. The Morgan fingerprint density at radius 2 is 1.63 bits per heavy atom. The van der Waals surface area contributed by atoms with E-state index in [1.165, 1.54) is 18.4 Å². The average molecular weight is 803 g/mol. The third-order valence-corrected chi connectivity index (χ3v) is 12.2. The van der Waals surface area contributed by atoms with Crippen molar-refractivity contribution in [3.05, 3.63) is 87.9 Å². The van der Waals surface area contributed by atoms with Crippen LogP contribution in [-0.2, 0) is 43.3 Å². The lowest BCUT2D eigenvalue weighted by Gasteiger charge is -2.37. The summed E-state index contributed by atoms with van der Waals surface area (Å²) in [6.07, 6.45) is 4.66. The molecule has 0 saturated carbocycles. The molecule has 11 nitrogen and oxygen atoms in total. The number of benzene rings is 2. The largest absolute Gasteiger partial charge is 0.469 e. The third kappa shape index (κ3) is 13.2. The molecule has 1 N–H and O–H groups in total. The van der Waals surface area contributed by atoms with Gasteiger partial charge in [0.05, 0.1) is 24.1 Å². The monoisotopic (exact) mass is 802 g/mol. The van der Waals surface area contributed by atoms with Crippen LogP contribution in [0.3, 0.4) is 0 Å². The number of carbonyl (C=O) groups is 5. The van der Waals surface area contributed by atoms with E-state index in [-0.39, 0.29) is 60.5 Å². The number of amides is 3. The first-order valence-electron chi connectivity index (χ1n) is 20.5. The van der Waals surface area contributed by atoms with E-state index in [1.807, 2.05) is 81.6 Å². The zero-order valence-corrected chi connectivity index (χ0v) is 35.6. The minimum absolute atomic E-state index is 0.0415. The van der Waals surface area contributed by atoms with Crippen LogP contribution in [-0.4, -0.2) is 83.3 Å². The van der Waals surface area contributed by atoms with Crippen LogP contribution in [0.1, 0.15) is 106 Å². The number of likely N-dealkylation sites (tertiary alicyclic amines) is 1. The lowest BCUT2D eigenvalue weighted by atomic mass is 9.83. The number of aryl methyl sites for hydroxylation is 1. The second kappa shape index (κ2) is 22.4. The number of nitrogens with zero attached hydrogens (tertiary/aromatic N) is 3. The fourth-order valence-electron chi connectivity index (χ4n) is 7.73. The number of nitrogens with one attached hydrogen (secondary N) is 1. The van der Waals surface area contributed by atoms with Crippen LogP contribution in [0.4, 0.5) is 4.79 Å². The fraction of sp³-hybridized carbons (Fsp3) is 0.556. The highest BCUT2D eigenvalue weighted by atomic mass is 32.1. The first-order valence-corrected chi connectivity index (χ1v) is 21.3. The van der Waals surface area contributed by atoms with E-state index >= 15 is 0 Å². The Hall–Kier alpha value is -4.58. The van der Waals surface area contributed by atoms with Gasteiger partial charge in [-0.15, -0.1) is 11.3 Å². The molecule has 12 heteroatoms. The molecule has 6 atom stereocenters. The Morgan fingerprint density at radius 3 is 2.26 bits per heavy atom. The van der Waals surface area contributed by atoms with Crippen molar-refractivity contribution in [1.82, 2.24) is 20.1 Å². The van der Waals surface area contributed by atoms with Gasteiger partial charge in [-0.2, -0.15) is 0 Å². The number of hydrogen-bond acceptors (Lipinski definition) is 9. The molecule has 2 heterocycles. The molecule has 1 fully saturated rings. The Bertz CT molecular complexity index is 1750. The quantitative estimate of drug-likeness (QED) is 0.114. The topological polar surface area (TPSA) is 135 Å². The number of ketones is 1. The molecule has 0 radical (unpaired) electrons. The van der Waals surface area contributed by atoms with Crippen molar-refractivity contribution >= 4 is 41.0 Å². The van der Waals surface area contributed by atoms with E-state index in [4.69, 9.17) is 9.47 Å². The third-order valence-electron chi connectivity index (χ3n) is 11.3. The standard InChI is InChI=1S/C45H62N4O7S/c1-8-31(4)36(27-40(50)39-21-15-16-24-49(39)45(54)56-28-34-19-13-10-14-20-34)43(52)48(6)38(30(2)3)22-23-41-47-37(29-57-41)42(51)46-35(25-32(5)44(53)55-7)26-33-17-11-9-12-18-33/h9-14,17-20,29-32,35-36,38-39H,8,15-16,21-28H2,1-7H3,(H,46,51)/t31-,32-,35+,36-,38+,39+/m0/s1. The van der Waals surface area contributed by atoms with E-state index in [2.05, 4.69) is 24.1 Å². The molecule has 3 aromatic rings. The number of piperidine rings is 1. The first-order chi connectivity index (χ1) is 27.3. The summed E-state index contributed by atoms with van der Waals surface area (Å²) < 4.78 is 10.6. The lowest BCUT2D eigenvalue weighted by Crippen LogP contribution is -2.50. The van der Waals surface area contributed by atoms with Crippen molar-refractivity contribution in [3.63, 3.8) is 0 Å². The maximum atomic E-state index is 14.3. The highest BCUT2D eigenvalue weighted by molar-refractivity contribution is 7.09. The van der Waals surface area contributed by atoms with E-state index in [0.29, 0.717) is 44.3 Å². The Kier molecular flexibility index (Phi) is 17.7. The Morgan fingerprint density at radius 1 is 0.965 bits per heavy atom. The SMILES string of the molecule is CC[C@H](C)[C@H](CC(=O)[C@H]1CCCCN1C(=O)OCc1ccccc1)C(=O)N(C)[C@H](CCc1nc(C(=O)N[C@@H](Cc2ccccc2)C[C@H](C)C(=O)OC)cs1)C(C)C. The van der Waals surface area contributed by atoms with Gasteiger partial charge in [-0.25, -0.2) is 9.78 Å². The molecule has 0 aliphatic carbocycles. The number of aromatic nitrogens is 1. The number of Topliss-reactive ketones (excluding diaryl/α,β-unsaturated/α-hetero) is 1. The molecule has 1 saturated heterocycles. The Balaban J connectivity index is 1.39. The van der Waals surface area contributed by atoms with Gasteiger partial charge in [0.15, 0.2) is 5.78 Å². The minimum atomic E-state index is -0.617. The molecule has 0 bridgehead atoms. The number of hydrogen-bond donors (Lipinski definition) is 1. The smallest absolute Gasteiger partial charge is 0.410 e. The van der Waals surface area contributed by atoms with Crippen LogP contribution >= 0.6 is 11.3 Å². The van der Waals surface area contributed by atoms with Gasteiger partial charge in [-0.05, 0) is 61.5 Å². The van der Waals surface area contributed by atoms with Gasteiger partial charge in [0, 0.05) is 49.8 Å². The predicted octanol–water partition coefficient (Wildman–Crippen LogP) is 7.91. The van der Waals surface area contributed by atoms with Crippen molar-refractivity contribution in [3.8, 4) is 0 Å². The molecule has 2 aromatic carbocycles. The van der Waals surface area contributed by atoms with Gasteiger partial charge in [0.25, 0.3) is 5.91 Å². The van der Waals surface area contributed by atoms with Gasteiger partial charge < -0.3 is 19.7 Å². The maximum absolute atomic E-state index is 14.3. The lowest BCUT2D eigenvalue weighted by molar-refractivity contribution is -0.145. The van der Waals surface area contributed by atoms with Crippen LogP contribution in [0.2, 0.25) is 0 Å². The van der Waals surface area contributed by atoms with Gasteiger partial charge >= 0.3 is 12.1 Å². The fourth-order valence-corrected chi connectivity index (χ4v) is 8.53. The van der Waals surface area contributed by atoms with Crippen molar-refractivity contribution in [2.45, 2.75) is 117 Å². The van der Waals surface area contributed by atoms with Gasteiger partial charge in [-0.1, -0.05) is 102 Å². The summed E-state index contributed by atoms with van der Waals surface area (Å²) in [4.78, 5) is 75.2. The van der Waals surface area contributed by atoms with Gasteiger partial charge in [0.1, 0.15) is 12.3 Å². The number of ether oxygens (including phenoxy) is 2. The summed E-state index contributed by atoms with van der Waals surface area (Å²) >= 11 is 1.41. The normalized spacial score (nSPS) is 16.8. The first kappa shape index (κ1) is 45.1. The number of thiazole rings is 1. The van der Waals surface area contributed by atoms with Crippen LogP contribution in [0.25, 0.3) is 0 Å². The molecule has 1 aromatic heterocycles. The average Bonchev–Trinajstić information content (AvgIpc) is 3.70. The summed E-state index contributed by atoms with van der Waals surface area (Å²) in [6, 6.07) is 18.2. The van der Waals surface area contributed by atoms with E-state index in [0.717, 1.165) is 35.4 Å². The maximum Gasteiger partial charge on any atom is 0.410 e. The molecule has 4 rings (SSSR count). The molecular formula is C45H62N4O7S. The molecular weight excluding hydrogens is 741 g/mol. The molecule has 57 heavy (non-hydrogen) atoms.